The number of amides is 2. The van der Waals surface area contributed by atoms with Crippen molar-refractivity contribution in [2.75, 3.05) is 37.6 Å². The number of nitrogens with zero attached hydrogens (tertiary/aromatic N) is 3. The third kappa shape index (κ3) is 10.9. The van der Waals surface area contributed by atoms with Crippen LogP contribution in [0.2, 0.25) is 0 Å². The van der Waals surface area contributed by atoms with Crippen LogP contribution in [-0.2, 0) is 44.6 Å². The Labute approximate surface area is 488 Å². The van der Waals surface area contributed by atoms with Crippen LogP contribution < -0.4 is 10.6 Å². The van der Waals surface area contributed by atoms with Gasteiger partial charge in [0.05, 0.1) is 18.5 Å². The molecule has 0 bridgehead atoms. The van der Waals surface area contributed by atoms with Crippen molar-refractivity contribution in [3.63, 3.8) is 0 Å². The van der Waals surface area contributed by atoms with Crippen LogP contribution in [-0.4, -0.2) is 87.1 Å². The van der Waals surface area contributed by atoms with Gasteiger partial charge in [-0.15, -0.1) is 34.9 Å². The standard InChI is InChI=1S/C67H57N5O7S3/c73-60(69-58-61(74)72-44-65(45-81-62(58)72,82-55-41-76-46-77-42-55)63(75)78-59(47-25-9-1-10-26-47)48-27-11-2-12-28-48)57(71-79-67(52-35-19-6-20-36-52,53-37-21-7-22-38-53)54-39-23-8-24-40-54)56-43-80-64(68-56)70-66(49-29-13-3-14-30-49,50-31-15-4-16-32-50)51-33-17-5-18-34-51/h1-40,43,55,58-59,62H,41-42,44-46H2,(H,68,70)(H,69,73)/t58?,62-,65?/m1/s1. The van der Waals surface area contributed by atoms with Gasteiger partial charge < -0.3 is 34.6 Å². The van der Waals surface area contributed by atoms with Gasteiger partial charge in [-0.05, 0) is 27.8 Å². The van der Waals surface area contributed by atoms with E-state index in [9.17, 15) is 4.79 Å². The highest BCUT2D eigenvalue weighted by atomic mass is 32.2. The van der Waals surface area contributed by atoms with E-state index in [0.717, 1.165) is 44.5 Å². The van der Waals surface area contributed by atoms with Gasteiger partial charge >= 0.3 is 5.97 Å². The Bertz CT molecular complexity index is 3390. The largest absolute Gasteiger partial charge is 0.451 e. The highest BCUT2D eigenvalue weighted by Gasteiger charge is 2.59. The van der Waals surface area contributed by atoms with Crippen molar-refractivity contribution in [3.8, 4) is 0 Å². The Morgan fingerprint density at radius 2 is 1.07 bits per heavy atom. The van der Waals surface area contributed by atoms with Crippen molar-refractivity contribution in [1.29, 1.82) is 0 Å². The molecule has 12 rings (SSSR count). The number of thioether (sulfide) groups is 2. The van der Waals surface area contributed by atoms with E-state index in [-0.39, 0.29) is 41.7 Å². The topological polar surface area (TPSA) is 141 Å². The first-order valence-electron chi connectivity index (χ1n) is 27.1. The molecule has 0 saturated carbocycles. The first-order chi connectivity index (χ1) is 40.3. The molecule has 0 radical (unpaired) electrons. The maximum atomic E-state index is 15.5. The van der Waals surface area contributed by atoms with Crippen LogP contribution in [0.15, 0.2) is 253 Å². The highest BCUT2D eigenvalue weighted by Crippen LogP contribution is 2.48. The molecule has 410 valence electrons. The van der Waals surface area contributed by atoms with Gasteiger partial charge in [0.2, 0.25) is 11.5 Å². The Hall–Kier alpha value is -8.31. The van der Waals surface area contributed by atoms with Gasteiger partial charge in [0.1, 0.15) is 34.2 Å². The molecule has 15 heteroatoms. The van der Waals surface area contributed by atoms with Crippen LogP contribution in [0.4, 0.5) is 5.13 Å². The molecule has 3 fully saturated rings. The fraction of sp³-hybridized carbons (Fsp3) is 0.179. The zero-order chi connectivity index (χ0) is 55.8. The summed E-state index contributed by atoms with van der Waals surface area (Å²) in [6.07, 6.45) is -0.703. The average molecular weight is 1140 g/mol. The van der Waals surface area contributed by atoms with Crippen LogP contribution in [0, 0.1) is 0 Å². The van der Waals surface area contributed by atoms with E-state index in [4.69, 9.17) is 29.2 Å². The van der Waals surface area contributed by atoms with Gasteiger partial charge in [-0.3, -0.25) is 14.4 Å². The molecule has 4 heterocycles. The number of esters is 1. The molecule has 3 aliphatic rings. The quantitative estimate of drug-likeness (QED) is 0.0263. The van der Waals surface area contributed by atoms with Crippen molar-refractivity contribution < 1.29 is 33.4 Å². The first-order valence-corrected chi connectivity index (χ1v) is 29.9. The number of rotatable bonds is 19. The molecule has 8 aromatic carbocycles. The predicted octanol–water partition coefficient (Wildman–Crippen LogP) is 11.8. The van der Waals surface area contributed by atoms with Gasteiger partial charge in [0, 0.05) is 34.4 Å². The van der Waals surface area contributed by atoms with E-state index in [1.165, 1.54) is 34.9 Å². The van der Waals surface area contributed by atoms with E-state index in [2.05, 4.69) is 47.0 Å². The van der Waals surface area contributed by atoms with Gasteiger partial charge in [-0.25, -0.2) is 4.98 Å². The number of anilines is 1. The lowest BCUT2D eigenvalue weighted by Gasteiger charge is -2.54. The molecular weight excluding hydrogens is 1080 g/mol. The number of hydrogen-bond acceptors (Lipinski definition) is 13. The van der Waals surface area contributed by atoms with Gasteiger partial charge in [0.15, 0.2) is 16.9 Å². The molecule has 1 aromatic heterocycles. The smallest absolute Gasteiger partial charge is 0.325 e. The summed E-state index contributed by atoms with van der Waals surface area (Å²) in [5, 5.41) is 13.4. The molecule has 0 spiro atoms. The zero-order valence-electron chi connectivity index (χ0n) is 44.4. The number of hydrogen-bond donors (Lipinski definition) is 2. The first kappa shape index (κ1) is 54.3. The molecule has 9 aromatic rings. The minimum atomic E-state index is -1.36. The number of β-lactam (4-membered cyclic amide) rings is 1. The highest BCUT2D eigenvalue weighted by molar-refractivity contribution is 8.05. The minimum Gasteiger partial charge on any atom is -0.451 e. The van der Waals surface area contributed by atoms with Gasteiger partial charge in [-0.2, -0.15) is 0 Å². The lowest BCUT2D eigenvalue weighted by atomic mass is 9.77. The summed E-state index contributed by atoms with van der Waals surface area (Å²) in [6.45, 7) is 0.936. The summed E-state index contributed by atoms with van der Waals surface area (Å²) in [6, 6.07) is 78.2. The summed E-state index contributed by atoms with van der Waals surface area (Å²) in [5.41, 5.74) is 4.63. The monoisotopic (exact) mass is 1140 g/mol. The van der Waals surface area contributed by atoms with E-state index < -0.39 is 45.3 Å². The molecule has 0 aliphatic carbocycles. The maximum Gasteiger partial charge on any atom is 0.325 e. The van der Waals surface area contributed by atoms with Crippen LogP contribution in [0.25, 0.3) is 0 Å². The number of aromatic nitrogens is 1. The number of thiazole rings is 1. The van der Waals surface area contributed by atoms with Crippen molar-refractivity contribution in [2.24, 2.45) is 5.16 Å². The van der Waals surface area contributed by atoms with Crippen molar-refractivity contribution in [3.05, 3.63) is 298 Å². The lowest BCUT2D eigenvalue weighted by Crippen LogP contribution is -2.75. The molecule has 2 unspecified atom stereocenters. The number of oxime groups is 1. The number of ether oxygens (including phenoxy) is 3. The second-order valence-electron chi connectivity index (χ2n) is 20.1. The molecule has 12 nitrogen and oxygen atoms in total. The Morgan fingerprint density at radius 3 is 1.54 bits per heavy atom. The SMILES string of the molecule is O=C(NC1C(=O)N2CC(SC3COCOC3)(C(=O)OC(c3ccccc3)c3ccccc3)CS[C@H]12)C(=NOC(c1ccccc1)(c1ccccc1)c1ccccc1)c1csc(NC(c2ccccc2)(c2ccccc2)c2ccccc2)n1. The van der Waals surface area contributed by atoms with Crippen LogP contribution in [0.1, 0.15) is 56.3 Å². The molecule has 82 heavy (non-hydrogen) atoms. The third-order valence-electron chi connectivity index (χ3n) is 15.0. The number of carbonyl (C=O) groups excluding carboxylic acids is 3. The molecule has 3 aliphatic heterocycles. The fourth-order valence-corrected chi connectivity index (χ4v) is 15.0. The van der Waals surface area contributed by atoms with Crippen LogP contribution in [0.3, 0.4) is 0 Å². The fourth-order valence-electron chi connectivity index (χ4n) is 11.0. The summed E-state index contributed by atoms with van der Waals surface area (Å²) >= 11 is 4.16. The van der Waals surface area contributed by atoms with Crippen molar-refractivity contribution >= 4 is 63.5 Å². The molecule has 2 N–H and O–H groups in total. The maximum absolute atomic E-state index is 15.5. The second-order valence-corrected chi connectivity index (χ2v) is 23.8. The van der Waals surface area contributed by atoms with Crippen LogP contribution >= 0.6 is 34.9 Å². The number of fused-ring (bicyclic) bond motifs is 1. The third-order valence-corrected chi connectivity index (χ3v) is 19.0. The summed E-state index contributed by atoms with van der Waals surface area (Å²) in [4.78, 5) is 59.2. The predicted molar refractivity (Wildman–Crippen MR) is 323 cm³/mol. The van der Waals surface area contributed by atoms with Crippen molar-refractivity contribution in [2.45, 2.75) is 38.7 Å². The van der Waals surface area contributed by atoms with E-state index in [0.29, 0.717) is 18.3 Å². The molecular formula is C67H57N5O7S3. The summed E-state index contributed by atoms with van der Waals surface area (Å²) in [5.74, 6) is -1.21. The number of carbonyl (C=O) groups is 3. The second kappa shape index (κ2) is 24.4. The van der Waals surface area contributed by atoms with E-state index in [1.54, 1.807) is 10.3 Å². The van der Waals surface area contributed by atoms with E-state index in [1.807, 2.05) is 206 Å². The van der Waals surface area contributed by atoms with E-state index >= 15 is 9.59 Å². The van der Waals surface area contributed by atoms with Crippen LogP contribution in [0.5, 0.6) is 0 Å². The normalized spacial score (nSPS) is 18.4. The summed E-state index contributed by atoms with van der Waals surface area (Å²) in [7, 11) is 0. The number of nitrogens with one attached hydrogen (secondary N) is 2. The van der Waals surface area contributed by atoms with Crippen molar-refractivity contribution in [1.82, 2.24) is 15.2 Å². The molecule has 3 atom stereocenters. The molecule has 2 amide bonds. The van der Waals surface area contributed by atoms with Gasteiger partial charge in [-0.1, -0.05) is 248 Å². The summed E-state index contributed by atoms with van der Waals surface area (Å²) < 4.78 is 16.8. The minimum absolute atomic E-state index is 0.0388. The Kier molecular flexibility index (Phi) is 16.2. The lowest BCUT2D eigenvalue weighted by molar-refractivity contribution is -0.155. The van der Waals surface area contributed by atoms with Gasteiger partial charge in [0.25, 0.3) is 5.91 Å². The Morgan fingerprint density at radius 1 is 0.634 bits per heavy atom. The average Bonchev–Trinajstić information content (AvgIpc) is 3.85. The molecule has 3 saturated heterocycles. The zero-order valence-corrected chi connectivity index (χ0v) is 46.9. The Balaban J connectivity index is 0.902. The number of benzene rings is 8.